The third-order valence-electron chi connectivity index (χ3n) is 1.79. The van der Waals surface area contributed by atoms with Gasteiger partial charge in [0.05, 0.1) is 5.51 Å². The third-order valence-corrected chi connectivity index (χ3v) is 4.52. The number of thiazole rings is 1. The van der Waals surface area contributed by atoms with Crippen molar-refractivity contribution >= 4 is 33.1 Å². The van der Waals surface area contributed by atoms with Gasteiger partial charge in [0.1, 0.15) is 0 Å². The highest BCUT2D eigenvalue weighted by molar-refractivity contribution is 7.94. The lowest BCUT2D eigenvalue weighted by Gasteiger charge is -2.04. The average Bonchev–Trinajstić information content (AvgIpc) is 2.79. The molecular weight excluding hydrogens is 280 g/mol. The Hall–Kier alpha value is -2.07. The first-order chi connectivity index (χ1) is 8.50. The molecule has 2 heterocycles. The highest BCUT2D eigenvalue weighted by Gasteiger charge is 2.26. The molecule has 0 unspecified atom stereocenters. The molecule has 0 aliphatic rings. The van der Waals surface area contributed by atoms with Gasteiger partial charge in [-0.25, -0.2) is 18.2 Å². The molecular formula is C8H6N4O4S2. The van der Waals surface area contributed by atoms with Crippen LogP contribution in [0.1, 0.15) is 10.5 Å². The van der Waals surface area contributed by atoms with E-state index >= 15 is 0 Å². The standard InChI is InChI=1S/C8H6N4O4S2/c13-7(14)6-8(17-4-9-6)18(15,16)12-5-2-1-3-10-11-5/h1-4H,(H,11,12)(H,13,14). The number of sulfonamides is 1. The summed E-state index contributed by atoms with van der Waals surface area (Å²) in [7, 11) is -4.02. The van der Waals surface area contributed by atoms with Crippen LogP contribution in [0.4, 0.5) is 5.82 Å². The third kappa shape index (κ3) is 2.43. The minimum Gasteiger partial charge on any atom is -0.476 e. The first kappa shape index (κ1) is 12.4. The topological polar surface area (TPSA) is 122 Å². The number of nitrogens with one attached hydrogen (secondary N) is 1. The molecule has 94 valence electrons. The Morgan fingerprint density at radius 1 is 1.44 bits per heavy atom. The average molecular weight is 286 g/mol. The number of hydrogen-bond acceptors (Lipinski definition) is 7. The molecule has 10 heteroatoms. The monoisotopic (exact) mass is 286 g/mol. The van der Waals surface area contributed by atoms with E-state index in [4.69, 9.17) is 5.11 Å². The van der Waals surface area contributed by atoms with E-state index < -0.39 is 21.7 Å². The predicted octanol–water partition coefficient (Wildman–Crippen LogP) is 0.432. The van der Waals surface area contributed by atoms with Gasteiger partial charge in [-0.1, -0.05) is 0 Å². The summed E-state index contributed by atoms with van der Waals surface area (Å²) >= 11 is 0.713. The fourth-order valence-electron chi connectivity index (χ4n) is 1.11. The van der Waals surface area contributed by atoms with Gasteiger partial charge in [0.15, 0.2) is 15.7 Å². The SMILES string of the molecule is O=C(O)c1ncsc1S(=O)(=O)Nc1cccnn1. The molecule has 0 aliphatic heterocycles. The largest absolute Gasteiger partial charge is 0.476 e. The van der Waals surface area contributed by atoms with Crippen LogP contribution in [-0.2, 0) is 10.0 Å². The van der Waals surface area contributed by atoms with E-state index in [2.05, 4.69) is 19.9 Å². The smallest absolute Gasteiger partial charge is 0.356 e. The maximum atomic E-state index is 11.9. The van der Waals surface area contributed by atoms with Crippen molar-refractivity contribution in [1.82, 2.24) is 15.2 Å². The highest BCUT2D eigenvalue weighted by Crippen LogP contribution is 2.22. The zero-order chi connectivity index (χ0) is 13.2. The van der Waals surface area contributed by atoms with Crippen LogP contribution in [0.2, 0.25) is 0 Å². The Kier molecular flexibility index (Phi) is 3.21. The second kappa shape index (κ2) is 4.66. The van der Waals surface area contributed by atoms with E-state index in [1.807, 2.05) is 0 Å². The zero-order valence-corrected chi connectivity index (χ0v) is 10.3. The van der Waals surface area contributed by atoms with Crippen LogP contribution >= 0.6 is 11.3 Å². The minimum absolute atomic E-state index is 0.00207. The van der Waals surface area contributed by atoms with Gasteiger partial charge in [-0.05, 0) is 12.1 Å². The highest BCUT2D eigenvalue weighted by atomic mass is 32.2. The molecule has 2 rings (SSSR count). The molecule has 0 saturated heterocycles. The van der Waals surface area contributed by atoms with Gasteiger partial charge in [-0.3, -0.25) is 4.72 Å². The van der Waals surface area contributed by atoms with Crippen molar-refractivity contribution in [3.05, 3.63) is 29.5 Å². The fraction of sp³-hybridized carbons (Fsp3) is 0. The number of anilines is 1. The van der Waals surface area contributed by atoms with E-state index in [1.165, 1.54) is 18.3 Å². The molecule has 2 aromatic heterocycles. The van der Waals surface area contributed by atoms with E-state index in [0.717, 1.165) is 5.51 Å². The summed E-state index contributed by atoms with van der Waals surface area (Å²) in [6, 6.07) is 2.89. The van der Waals surface area contributed by atoms with Gasteiger partial charge in [0.25, 0.3) is 10.0 Å². The van der Waals surface area contributed by atoms with E-state index in [0.29, 0.717) is 11.3 Å². The van der Waals surface area contributed by atoms with Crippen molar-refractivity contribution in [2.75, 3.05) is 4.72 Å². The normalized spacial score (nSPS) is 11.1. The number of aromatic carboxylic acids is 1. The van der Waals surface area contributed by atoms with E-state index in [-0.39, 0.29) is 10.0 Å². The van der Waals surface area contributed by atoms with Crippen LogP contribution in [0.15, 0.2) is 28.0 Å². The first-order valence-electron chi connectivity index (χ1n) is 4.48. The lowest BCUT2D eigenvalue weighted by molar-refractivity contribution is 0.0687. The molecule has 0 fully saturated rings. The lowest BCUT2D eigenvalue weighted by atomic mass is 10.5. The van der Waals surface area contributed by atoms with Crippen molar-refractivity contribution < 1.29 is 18.3 Å². The summed E-state index contributed by atoms with van der Waals surface area (Å²) in [4.78, 5) is 14.3. The van der Waals surface area contributed by atoms with Gasteiger partial charge >= 0.3 is 5.97 Å². The Labute approximate surface area is 105 Å². The number of rotatable bonds is 4. The van der Waals surface area contributed by atoms with Crippen molar-refractivity contribution in [2.24, 2.45) is 0 Å². The summed E-state index contributed by atoms with van der Waals surface area (Å²) < 4.78 is 25.6. The molecule has 0 aliphatic carbocycles. The fourth-order valence-corrected chi connectivity index (χ4v) is 3.25. The molecule has 0 aromatic carbocycles. The lowest BCUT2D eigenvalue weighted by Crippen LogP contribution is -2.16. The molecule has 18 heavy (non-hydrogen) atoms. The molecule has 0 spiro atoms. The molecule has 8 nitrogen and oxygen atoms in total. The van der Waals surface area contributed by atoms with Gasteiger partial charge in [-0.2, -0.15) is 5.10 Å². The Bertz CT molecular complexity index is 667. The number of carboxylic acid groups (broad SMARTS) is 1. The van der Waals surface area contributed by atoms with Crippen molar-refractivity contribution in [3.8, 4) is 0 Å². The van der Waals surface area contributed by atoms with Crippen LogP contribution in [0.5, 0.6) is 0 Å². The predicted molar refractivity (Wildman–Crippen MR) is 61.9 cm³/mol. The first-order valence-corrected chi connectivity index (χ1v) is 6.84. The zero-order valence-electron chi connectivity index (χ0n) is 8.64. The molecule has 0 atom stereocenters. The molecule has 0 amide bonds. The number of nitrogens with zero attached hydrogens (tertiary/aromatic N) is 3. The van der Waals surface area contributed by atoms with Crippen LogP contribution in [0.3, 0.4) is 0 Å². The van der Waals surface area contributed by atoms with Crippen molar-refractivity contribution in [3.63, 3.8) is 0 Å². The summed E-state index contributed by atoms with van der Waals surface area (Å²) in [5.41, 5.74) is 0.630. The van der Waals surface area contributed by atoms with Crippen molar-refractivity contribution in [1.29, 1.82) is 0 Å². The van der Waals surface area contributed by atoms with Crippen LogP contribution < -0.4 is 4.72 Å². The van der Waals surface area contributed by atoms with Gasteiger partial charge in [-0.15, -0.1) is 16.4 Å². The summed E-state index contributed by atoms with van der Waals surface area (Å²) in [5.74, 6) is -1.40. The molecule has 0 bridgehead atoms. The molecule has 0 radical (unpaired) electrons. The number of aromatic nitrogens is 3. The second-order valence-corrected chi connectivity index (χ2v) is 5.74. The summed E-state index contributed by atoms with van der Waals surface area (Å²) in [5, 5.41) is 15.9. The maximum Gasteiger partial charge on any atom is 0.356 e. The van der Waals surface area contributed by atoms with Crippen LogP contribution in [0.25, 0.3) is 0 Å². The molecule has 2 aromatic rings. The van der Waals surface area contributed by atoms with E-state index in [9.17, 15) is 13.2 Å². The Morgan fingerprint density at radius 3 is 2.83 bits per heavy atom. The van der Waals surface area contributed by atoms with Crippen LogP contribution in [0, 0.1) is 0 Å². The quantitative estimate of drug-likeness (QED) is 0.835. The summed E-state index contributed by atoms with van der Waals surface area (Å²) in [6.07, 6.45) is 1.38. The number of hydrogen-bond donors (Lipinski definition) is 2. The van der Waals surface area contributed by atoms with Crippen molar-refractivity contribution in [2.45, 2.75) is 4.21 Å². The molecule has 2 N–H and O–H groups in total. The number of carbonyl (C=O) groups is 1. The van der Waals surface area contributed by atoms with Gasteiger partial charge < -0.3 is 5.11 Å². The second-order valence-electron chi connectivity index (χ2n) is 3.01. The van der Waals surface area contributed by atoms with E-state index in [1.54, 1.807) is 0 Å². The van der Waals surface area contributed by atoms with Gasteiger partial charge in [0, 0.05) is 6.20 Å². The maximum absolute atomic E-state index is 11.9. The summed E-state index contributed by atoms with van der Waals surface area (Å²) in [6.45, 7) is 0. The minimum atomic E-state index is -4.02. The Morgan fingerprint density at radius 2 is 2.22 bits per heavy atom. The van der Waals surface area contributed by atoms with Crippen LogP contribution in [-0.4, -0.2) is 34.7 Å². The molecule has 0 saturated carbocycles. The van der Waals surface area contributed by atoms with Gasteiger partial charge in [0.2, 0.25) is 0 Å². The Balaban J connectivity index is 2.37. The number of carboxylic acids is 1.